The fraction of sp³-hybridized carbons (Fsp3) is 0.500. The van der Waals surface area contributed by atoms with Gasteiger partial charge >= 0.3 is 0 Å². The molecule has 0 aromatic heterocycles. The van der Waals surface area contributed by atoms with E-state index in [1.54, 1.807) is 6.92 Å². The fourth-order valence-corrected chi connectivity index (χ4v) is 0.741. The summed E-state index contributed by atoms with van der Waals surface area (Å²) < 4.78 is 0. The van der Waals surface area contributed by atoms with Crippen LogP contribution in [0.5, 0.6) is 0 Å². The van der Waals surface area contributed by atoms with Crippen molar-refractivity contribution in [3.05, 3.63) is 11.8 Å². The Balaban J connectivity index is 4.28. The number of allylic oxidation sites excluding steroid dienone is 2. The van der Waals surface area contributed by atoms with Crippen LogP contribution in [0.15, 0.2) is 11.8 Å². The van der Waals surface area contributed by atoms with Crippen LogP contribution in [0.25, 0.3) is 0 Å². The van der Waals surface area contributed by atoms with Crippen LogP contribution in [0.3, 0.4) is 0 Å². The maximum atomic E-state index is 8.80. The molecule has 1 N–H and O–H groups in total. The molecular weight excluding hydrogens is 140 g/mol. The van der Waals surface area contributed by atoms with Crippen molar-refractivity contribution in [2.45, 2.75) is 13.8 Å². The number of nitriles is 2. The summed E-state index contributed by atoms with van der Waals surface area (Å²) in [6.45, 7) is 3.24. The molecule has 0 radical (unpaired) electrons. The maximum absolute atomic E-state index is 8.80. The summed E-state index contributed by atoms with van der Waals surface area (Å²) in [6, 6.07) is 3.68. The first-order chi connectivity index (χ1) is 5.11. The van der Waals surface area contributed by atoms with Crippen LogP contribution in [0.4, 0.5) is 0 Å². The number of aliphatic hydroxyl groups is 1. The molecule has 0 aliphatic rings. The molecule has 1 atom stereocenters. The van der Waals surface area contributed by atoms with Crippen molar-refractivity contribution in [3.8, 4) is 12.1 Å². The minimum absolute atomic E-state index is 0.146. The van der Waals surface area contributed by atoms with Crippen LogP contribution in [0.1, 0.15) is 13.8 Å². The van der Waals surface area contributed by atoms with Crippen LogP contribution in [0, 0.1) is 34.5 Å². The largest absolute Gasteiger partial charge is 0.513 e. The van der Waals surface area contributed by atoms with Gasteiger partial charge in [-0.1, -0.05) is 6.92 Å². The lowest BCUT2D eigenvalue weighted by Crippen LogP contribution is -2.04. The summed E-state index contributed by atoms with van der Waals surface area (Å²) in [7, 11) is 0. The molecule has 0 fully saturated rings. The van der Waals surface area contributed by atoms with E-state index in [-0.39, 0.29) is 11.7 Å². The highest BCUT2D eigenvalue weighted by atomic mass is 16.3. The van der Waals surface area contributed by atoms with E-state index in [9.17, 15) is 0 Å². The van der Waals surface area contributed by atoms with Gasteiger partial charge in [-0.15, -0.1) is 0 Å². The third-order valence-electron chi connectivity index (χ3n) is 1.31. The van der Waals surface area contributed by atoms with Crippen molar-refractivity contribution in [3.63, 3.8) is 0 Å². The van der Waals surface area contributed by atoms with Gasteiger partial charge in [0, 0.05) is 5.92 Å². The monoisotopic (exact) mass is 150 g/mol. The van der Waals surface area contributed by atoms with Crippen molar-refractivity contribution in [1.29, 1.82) is 10.5 Å². The number of rotatable bonds is 2. The highest BCUT2D eigenvalue weighted by molar-refractivity contribution is 5.07. The highest BCUT2D eigenvalue weighted by Crippen LogP contribution is 2.12. The van der Waals surface area contributed by atoms with Gasteiger partial charge in [-0.3, -0.25) is 0 Å². The van der Waals surface area contributed by atoms with Gasteiger partial charge in [-0.05, 0) is 13.0 Å². The summed E-state index contributed by atoms with van der Waals surface area (Å²) in [4.78, 5) is 0. The van der Waals surface area contributed by atoms with E-state index in [2.05, 4.69) is 0 Å². The minimum atomic E-state index is -0.669. The molecule has 0 amide bonds. The van der Waals surface area contributed by atoms with Crippen LogP contribution in [-0.2, 0) is 0 Å². The van der Waals surface area contributed by atoms with Crippen molar-refractivity contribution in [2.24, 2.45) is 11.8 Å². The lowest BCUT2D eigenvalue weighted by molar-refractivity contribution is 0.403. The predicted octanol–water partition coefficient (Wildman–Crippen LogP) is 1.75. The highest BCUT2D eigenvalue weighted by Gasteiger charge is 2.12. The van der Waals surface area contributed by atoms with Crippen molar-refractivity contribution in [1.82, 2.24) is 0 Å². The Hall–Kier alpha value is -1.48. The van der Waals surface area contributed by atoms with E-state index in [1.165, 1.54) is 13.0 Å². The zero-order valence-electron chi connectivity index (χ0n) is 6.57. The Morgan fingerprint density at radius 1 is 1.45 bits per heavy atom. The average Bonchev–Trinajstić information content (AvgIpc) is 1.88. The first kappa shape index (κ1) is 9.52. The quantitative estimate of drug-likeness (QED) is 0.609. The first-order valence-electron chi connectivity index (χ1n) is 3.28. The van der Waals surface area contributed by atoms with E-state index >= 15 is 0 Å². The van der Waals surface area contributed by atoms with E-state index in [4.69, 9.17) is 15.6 Å². The number of hydrogen-bond donors (Lipinski definition) is 1. The lowest BCUT2D eigenvalue weighted by Gasteiger charge is -2.04. The number of hydrogen-bond acceptors (Lipinski definition) is 3. The Kier molecular flexibility index (Phi) is 3.77. The summed E-state index contributed by atoms with van der Waals surface area (Å²) in [5.41, 5.74) is 0. The van der Waals surface area contributed by atoms with Gasteiger partial charge in [0.15, 0.2) is 0 Å². The van der Waals surface area contributed by atoms with Crippen LogP contribution >= 0.6 is 0 Å². The SMILES string of the molecule is C/C(O)=C/[C@H](C)C(C#N)C#N. The molecule has 0 bridgehead atoms. The Bertz CT molecular complexity index is 213. The van der Waals surface area contributed by atoms with Crippen molar-refractivity contribution >= 4 is 0 Å². The minimum Gasteiger partial charge on any atom is -0.513 e. The van der Waals surface area contributed by atoms with Crippen LogP contribution in [0.2, 0.25) is 0 Å². The molecule has 11 heavy (non-hydrogen) atoms. The molecule has 0 aromatic rings. The molecule has 0 unspecified atom stereocenters. The molecule has 3 heteroatoms. The van der Waals surface area contributed by atoms with E-state index in [1.807, 2.05) is 12.1 Å². The van der Waals surface area contributed by atoms with Gasteiger partial charge < -0.3 is 5.11 Å². The predicted molar refractivity (Wildman–Crippen MR) is 40.3 cm³/mol. The molecule has 0 heterocycles. The normalized spacial score (nSPS) is 13.7. The molecule has 0 saturated heterocycles. The van der Waals surface area contributed by atoms with Crippen LogP contribution < -0.4 is 0 Å². The molecule has 0 rings (SSSR count). The van der Waals surface area contributed by atoms with Crippen LogP contribution in [-0.4, -0.2) is 5.11 Å². The number of nitrogens with zero attached hydrogens (tertiary/aromatic N) is 2. The Morgan fingerprint density at radius 2 is 1.91 bits per heavy atom. The van der Waals surface area contributed by atoms with Crippen molar-refractivity contribution < 1.29 is 5.11 Å². The second-order valence-corrected chi connectivity index (χ2v) is 2.40. The zero-order valence-corrected chi connectivity index (χ0v) is 6.57. The lowest BCUT2D eigenvalue weighted by atomic mass is 9.96. The van der Waals surface area contributed by atoms with Crippen molar-refractivity contribution in [2.75, 3.05) is 0 Å². The molecule has 0 saturated carbocycles. The molecule has 3 nitrogen and oxygen atoms in total. The van der Waals surface area contributed by atoms with Gasteiger partial charge in [0.05, 0.1) is 17.9 Å². The summed E-state index contributed by atoms with van der Waals surface area (Å²) >= 11 is 0. The topological polar surface area (TPSA) is 67.8 Å². The molecule has 58 valence electrons. The van der Waals surface area contributed by atoms with E-state index in [0.29, 0.717) is 0 Å². The third-order valence-corrected chi connectivity index (χ3v) is 1.31. The van der Waals surface area contributed by atoms with Gasteiger partial charge in [-0.25, -0.2) is 0 Å². The fourth-order valence-electron chi connectivity index (χ4n) is 0.741. The smallest absolute Gasteiger partial charge is 0.139 e. The second kappa shape index (κ2) is 4.35. The Morgan fingerprint density at radius 3 is 2.18 bits per heavy atom. The second-order valence-electron chi connectivity index (χ2n) is 2.40. The molecule has 0 aliphatic carbocycles. The Labute approximate surface area is 66.2 Å². The maximum Gasteiger partial charge on any atom is 0.139 e. The zero-order chi connectivity index (χ0) is 8.85. The summed E-state index contributed by atoms with van der Waals surface area (Å²) in [6.07, 6.45) is 1.50. The van der Waals surface area contributed by atoms with Gasteiger partial charge in [0.25, 0.3) is 0 Å². The van der Waals surface area contributed by atoms with Gasteiger partial charge in [-0.2, -0.15) is 10.5 Å². The molecule has 0 aliphatic heterocycles. The average molecular weight is 150 g/mol. The standard InChI is InChI=1S/C8H10N2O/c1-6(3-7(2)11)8(4-9)5-10/h3,6,8,11H,1-2H3/b7-3-/t6-/m0/s1. The first-order valence-corrected chi connectivity index (χ1v) is 3.28. The number of aliphatic hydroxyl groups excluding tert-OH is 1. The van der Waals surface area contributed by atoms with E-state index < -0.39 is 5.92 Å². The molecule has 0 aromatic carbocycles. The van der Waals surface area contributed by atoms with Gasteiger partial charge in [0.2, 0.25) is 0 Å². The summed E-state index contributed by atoms with van der Waals surface area (Å²) in [5, 5.41) is 25.7. The van der Waals surface area contributed by atoms with E-state index in [0.717, 1.165) is 0 Å². The third kappa shape index (κ3) is 3.27. The van der Waals surface area contributed by atoms with Gasteiger partial charge in [0.1, 0.15) is 5.92 Å². The summed E-state index contributed by atoms with van der Waals surface area (Å²) in [5.74, 6) is -0.736. The molecule has 0 spiro atoms. The molecular formula is C8H10N2O.